The van der Waals surface area contributed by atoms with Crippen LogP contribution in [0.15, 0.2) is 90.1 Å². The van der Waals surface area contributed by atoms with Gasteiger partial charge in [-0.3, -0.25) is 24.4 Å². The number of ether oxygens (including phenoxy) is 1. The molecule has 1 N–H and O–H groups in total. The van der Waals surface area contributed by atoms with Crippen LogP contribution in [0, 0.1) is 23.7 Å². The van der Waals surface area contributed by atoms with E-state index < -0.39 is 0 Å². The average molecular weight is 632 g/mol. The van der Waals surface area contributed by atoms with Gasteiger partial charge in [-0.1, -0.05) is 68.0 Å². The lowest BCUT2D eigenvalue weighted by molar-refractivity contribution is -0.144. The summed E-state index contributed by atoms with van der Waals surface area (Å²) < 4.78 is 6.54. The topological polar surface area (TPSA) is 83.0 Å². The zero-order valence-corrected chi connectivity index (χ0v) is 27.4. The van der Waals surface area contributed by atoms with E-state index in [1.165, 1.54) is 16.7 Å². The van der Waals surface area contributed by atoms with Gasteiger partial charge in [0.1, 0.15) is 5.75 Å². The predicted octanol–water partition coefficient (Wildman–Crippen LogP) is 6.75. The molecule has 1 aliphatic carbocycles. The molecule has 4 aliphatic rings. The van der Waals surface area contributed by atoms with Crippen LogP contribution in [-0.4, -0.2) is 63.5 Å². The monoisotopic (exact) mass is 631 g/mol. The Morgan fingerprint density at radius 1 is 0.979 bits per heavy atom. The number of benzene rings is 2. The number of carbonyl (C=O) groups excluding carboxylic acids is 2. The molecule has 0 bridgehead atoms. The van der Waals surface area contributed by atoms with E-state index in [4.69, 9.17) is 4.74 Å². The Labute approximate surface area is 278 Å². The van der Waals surface area contributed by atoms with E-state index in [0.717, 1.165) is 62.1 Å². The van der Waals surface area contributed by atoms with Crippen molar-refractivity contribution in [3.05, 3.63) is 107 Å². The molecular weight excluding hydrogens is 586 g/mol. The second-order valence-electron chi connectivity index (χ2n) is 14.0. The lowest BCUT2D eigenvalue weighted by atomic mass is 9.67. The summed E-state index contributed by atoms with van der Waals surface area (Å²) in [6.07, 6.45) is 7.57. The van der Waals surface area contributed by atoms with Gasteiger partial charge in [0.2, 0.25) is 11.8 Å². The highest BCUT2D eigenvalue weighted by Gasteiger charge is 2.58. The van der Waals surface area contributed by atoms with E-state index in [0.29, 0.717) is 13.0 Å². The first-order valence-electron chi connectivity index (χ1n) is 17.3. The van der Waals surface area contributed by atoms with Crippen LogP contribution in [-0.2, 0) is 20.9 Å². The van der Waals surface area contributed by atoms with Crippen molar-refractivity contribution < 1.29 is 19.4 Å². The third-order valence-corrected chi connectivity index (χ3v) is 10.7. The Kier molecular flexibility index (Phi) is 9.11. The molecule has 3 saturated heterocycles. The van der Waals surface area contributed by atoms with E-state index >= 15 is 0 Å². The number of hydrogen-bond donors (Lipinski definition) is 1. The Balaban J connectivity index is 1.08. The molecule has 3 aromatic rings. The summed E-state index contributed by atoms with van der Waals surface area (Å²) >= 11 is 0. The Morgan fingerprint density at radius 2 is 1.77 bits per heavy atom. The SMILES string of the molecule is CC(C)C1=C2[C@@H](CC/C(=C/c3cccc(O)c3)c3ccccn3)OC[C@@H]2[C@@H]2C(=O)N(C3CCN(Cc4ccccc4)CC3)C(=O)[C@@H]2C1. The molecule has 4 atom stereocenters. The highest BCUT2D eigenvalue weighted by atomic mass is 16.5. The molecule has 7 rings (SSSR count). The summed E-state index contributed by atoms with van der Waals surface area (Å²) in [7, 11) is 0. The highest BCUT2D eigenvalue weighted by molar-refractivity contribution is 6.06. The Bertz CT molecular complexity index is 1660. The Morgan fingerprint density at radius 3 is 2.49 bits per heavy atom. The predicted molar refractivity (Wildman–Crippen MR) is 183 cm³/mol. The number of imide groups is 1. The molecule has 244 valence electrons. The molecular formula is C40H45N3O4. The summed E-state index contributed by atoms with van der Waals surface area (Å²) in [5.74, 6) is -0.105. The number of pyridine rings is 1. The van der Waals surface area contributed by atoms with Gasteiger partial charge < -0.3 is 9.84 Å². The van der Waals surface area contributed by atoms with Crippen molar-refractivity contribution in [2.24, 2.45) is 23.7 Å². The summed E-state index contributed by atoms with van der Waals surface area (Å²) in [5.41, 5.74) is 6.74. The molecule has 4 heterocycles. The number of likely N-dealkylation sites (tertiary alicyclic amines) is 2. The number of phenolic OH excluding ortho intramolecular Hbond substituents is 1. The fourth-order valence-corrected chi connectivity index (χ4v) is 8.45. The number of carbonyl (C=O) groups is 2. The van der Waals surface area contributed by atoms with Gasteiger partial charge in [-0.25, -0.2) is 0 Å². The van der Waals surface area contributed by atoms with Crippen LogP contribution in [0.4, 0.5) is 0 Å². The lowest BCUT2D eigenvalue weighted by Crippen LogP contribution is -2.47. The number of hydrogen-bond acceptors (Lipinski definition) is 6. The number of nitrogens with zero attached hydrogens (tertiary/aromatic N) is 3. The molecule has 0 unspecified atom stereocenters. The minimum atomic E-state index is -0.328. The minimum absolute atomic E-state index is 0.0222. The first-order valence-corrected chi connectivity index (χ1v) is 17.3. The average Bonchev–Trinajstić information content (AvgIpc) is 3.61. The molecule has 0 spiro atoms. The van der Waals surface area contributed by atoms with E-state index in [9.17, 15) is 14.7 Å². The number of aromatic nitrogens is 1. The molecule has 0 radical (unpaired) electrons. The third-order valence-electron chi connectivity index (χ3n) is 10.7. The molecule has 7 heteroatoms. The van der Waals surface area contributed by atoms with E-state index in [1.807, 2.05) is 36.4 Å². The maximum Gasteiger partial charge on any atom is 0.234 e. The second-order valence-corrected chi connectivity index (χ2v) is 14.0. The zero-order valence-electron chi connectivity index (χ0n) is 27.4. The third kappa shape index (κ3) is 6.43. The van der Waals surface area contributed by atoms with Gasteiger partial charge in [-0.2, -0.15) is 0 Å². The van der Waals surface area contributed by atoms with Crippen LogP contribution in [0.2, 0.25) is 0 Å². The van der Waals surface area contributed by atoms with Crippen molar-refractivity contribution in [2.75, 3.05) is 19.7 Å². The number of phenols is 1. The van der Waals surface area contributed by atoms with Crippen LogP contribution in [0.5, 0.6) is 5.75 Å². The fourth-order valence-electron chi connectivity index (χ4n) is 8.45. The van der Waals surface area contributed by atoms with Crippen molar-refractivity contribution in [1.29, 1.82) is 0 Å². The van der Waals surface area contributed by atoms with Crippen LogP contribution < -0.4 is 0 Å². The van der Waals surface area contributed by atoms with Crippen LogP contribution in [0.25, 0.3) is 11.6 Å². The molecule has 7 nitrogen and oxygen atoms in total. The summed E-state index contributed by atoms with van der Waals surface area (Å²) in [6, 6.07) is 23.6. The van der Waals surface area contributed by atoms with Gasteiger partial charge in [-0.15, -0.1) is 0 Å². The first-order chi connectivity index (χ1) is 22.9. The largest absolute Gasteiger partial charge is 0.508 e. The smallest absolute Gasteiger partial charge is 0.234 e. The molecule has 3 aliphatic heterocycles. The maximum absolute atomic E-state index is 14.2. The number of rotatable bonds is 9. The van der Waals surface area contributed by atoms with Crippen molar-refractivity contribution in [2.45, 2.75) is 64.6 Å². The zero-order chi connectivity index (χ0) is 32.5. The molecule has 0 saturated carbocycles. The quantitative estimate of drug-likeness (QED) is 0.208. The van der Waals surface area contributed by atoms with Gasteiger partial charge >= 0.3 is 0 Å². The normalized spacial score (nSPS) is 25.5. The van der Waals surface area contributed by atoms with E-state index in [1.54, 1.807) is 23.2 Å². The first kappa shape index (κ1) is 31.5. The van der Waals surface area contributed by atoms with Gasteiger partial charge in [0, 0.05) is 37.8 Å². The molecule has 2 aromatic carbocycles. The van der Waals surface area contributed by atoms with Crippen molar-refractivity contribution in [3.8, 4) is 5.75 Å². The van der Waals surface area contributed by atoms with Crippen molar-refractivity contribution in [3.63, 3.8) is 0 Å². The second kappa shape index (κ2) is 13.6. The van der Waals surface area contributed by atoms with Gasteiger partial charge in [0.15, 0.2) is 0 Å². The van der Waals surface area contributed by atoms with Crippen LogP contribution >= 0.6 is 0 Å². The molecule has 1 aromatic heterocycles. The number of fused-ring (bicyclic) bond motifs is 3. The van der Waals surface area contributed by atoms with Gasteiger partial charge in [0.25, 0.3) is 0 Å². The highest BCUT2D eigenvalue weighted by Crippen LogP contribution is 2.52. The lowest BCUT2D eigenvalue weighted by Gasteiger charge is -2.36. The van der Waals surface area contributed by atoms with Crippen LogP contribution in [0.3, 0.4) is 0 Å². The van der Waals surface area contributed by atoms with E-state index in [2.05, 4.69) is 54.1 Å². The summed E-state index contributed by atoms with van der Waals surface area (Å²) in [5, 5.41) is 10.1. The van der Waals surface area contributed by atoms with E-state index in [-0.39, 0.29) is 53.4 Å². The van der Waals surface area contributed by atoms with Gasteiger partial charge in [-0.05, 0) is 90.6 Å². The number of allylic oxidation sites excluding steroid dienone is 2. The number of piperidine rings is 1. The van der Waals surface area contributed by atoms with Crippen molar-refractivity contribution >= 4 is 23.5 Å². The minimum Gasteiger partial charge on any atom is -0.508 e. The Hall–Kier alpha value is -4.07. The molecule has 47 heavy (non-hydrogen) atoms. The number of aromatic hydroxyl groups is 1. The molecule has 2 amide bonds. The maximum atomic E-state index is 14.2. The number of amides is 2. The summed E-state index contributed by atoms with van der Waals surface area (Å²) in [4.78, 5) is 37.0. The molecule has 3 fully saturated rings. The van der Waals surface area contributed by atoms with Crippen LogP contribution in [0.1, 0.15) is 62.8 Å². The standard InChI is InChI=1S/C40H45N3O4/c1-26(2)32-23-33-38(40(46)43(39(33)45)30-16-19-42(20-17-30)24-27-9-4-3-5-10-27)34-25-47-36(37(32)34)15-14-29(35-13-6-7-18-41-35)21-28-11-8-12-31(44)22-28/h3-13,18,21-22,26,30,33-34,36,38,44H,14-17,19-20,23-25H2,1-2H3/b29-21-/t33-,34+,36-,38-/m1/s1. The summed E-state index contributed by atoms with van der Waals surface area (Å²) in [6.45, 7) is 7.56. The van der Waals surface area contributed by atoms with Crippen molar-refractivity contribution in [1.82, 2.24) is 14.8 Å². The fraction of sp³-hybridized carbons (Fsp3) is 0.425. The van der Waals surface area contributed by atoms with Gasteiger partial charge in [0.05, 0.1) is 30.2 Å².